The standard InChI is InChI=1S/C28H54O/c1-3-5-7-9-11-15-19-23-28(29)24-20-16-12-14-18-22-27-25-26(27)21-17-13-10-8-6-4-2/h26-27H,3-25H2,1-2H3/t26-,27-/m1/s1. The SMILES string of the molecule is CCCCCCCCCC(=O)CCCCCCC[C@@H]1C[C@H]1CCCCCCCC. The van der Waals surface area contributed by atoms with Crippen molar-refractivity contribution in [3.63, 3.8) is 0 Å². The molecular formula is C28H54O. The van der Waals surface area contributed by atoms with Gasteiger partial charge >= 0.3 is 0 Å². The van der Waals surface area contributed by atoms with Gasteiger partial charge in [-0.05, 0) is 31.1 Å². The monoisotopic (exact) mass is 406 g/mol. The first-order valence-corrected chi connectivity index (χ1v) is 13.8. The minimum absolute atomic E-state index is 0.522. The van der Waals surface area contributed by atoms with Gasteiger partial charge in [0.15, 0.2) is 0 Å². The third kappa shape index (κ3) is 17.1. The van der Waals surface area contributed by atoms with Gasteiger partial charge in [-0.1, -0.05) is 129 Å². The van der Waals surface area contributed by atoms with Gasteiger partial charge in [0.2, 0.25) is 0 Å². The molecule has 172 valence electrons. The first kappa shape index (κ1) is 26.7. The summed E-state index contributed by atoms with van der Waals surface area (Å²) in [5.41, 5.74) is 0. The fraction of sp³-hybridized carbons (Fsp3) is 0.964. The highest BCUT2D eigenvalue weighted by atomic mass is 16.1. The summed E-state index contributed by atoms with van der Waals surface area (Å²) in [6.07, 6.45) is 30.6. The van der Waals surface area contributed by atoms with Crippen LogP contribution in [-0.2, 0) is 4.79 Å². The quantitative estimate of drug-likeness (QED) is 0.154. The van der Waals surface area contributed by atoms with E-state index >= 15 is 0 Å². The highest BCUT2D eigenvalue weighted by Crippen LogP contribution is 2.45. The molecule has 0 spiro atoms. The smallest absolute Gasteiger partial charge is 0.132 e. The van der Waals surface area contributed by atoms with E-state index in [1.165, 1.54) is 122 Å². The Morgan fingerprint density at radius 3 is 1.28 bits per heavy atom. The first-order valence-electron chi connectivity index (χ1n) is 13.8. The summed E-state index contributed by atoms with van der Waals surface area (Å²) in [4.78, 5) is 12.0. The Labute approximate surface area is 184 Å². The average molecular weight is 407 g/mol. The van der Waals surface area contributed by atoms with E-state index in [2.05, 4.69) is 13.8 Å². The van der Waals surface area contributed by atoms with Crippen LogP contribution in [0.25, 0.3) is 0 Å². The van der Waals surface area contributed by atoms with Crippen molar-refractivity contribution >= 4 is 5.78 Å². The predicted molar refractivity (Wildman–Crippen MR) is 130 cm³/mol. The number of hydrogen-bond donors (Lipinski definition) is 0. The van der Waals surface area contributed by atoms with E-state index in [-0.39, 0.29) is 0 Å². The van der Waals surface area contributed by atoms with Crippen molar-refractivity contribution in [1.29, 1.82) is 0 Å². The number of hydrogen-bond acceptors (Lipinski definition) is 1. The summed E-state index contributed by atoms with van der Waals surface area (Å²) in [6, 6.07) is 0. The molecule has 1 nitrogen and oxygen atoms in total. The summed E-state index contributed by atoms with van der Waals surface area (Å²) >= 11 is 0. The van der Waals surface area contributed by atoms with E-state index in [0.717, 1.165) is 37.5 Å². The highest BCUT2D eigenvalue weighted by Gasteiger charge is 2.34. The van der Waals surface area contributed by atoms with E-state index in [1.807, 2.05) is 0 Å². The maximum absolute atomic E-state index is 12.0. The van der Waals surface area contributed by atoms with Gasteiger partial charge in [-0.15, -0.1) is 0 Å². The Morgan fingerprint density at radius 1 is 0.517 bits per heavy atom. The van der Waals surface area contributed by atoms with Crippen molar-refractivity contribution in [2.75, 3.05) is 0 Å². The van der Waals surface area contributed by atoms with Crippen LogP contribution in [0.4, 0.5) is 0 Å². The summed E-state index contributed by atoms with van der Waals surface area (Å²) in [7, 11) is 0. The van der Waals surface area contributed by atoms with Crippen molar-refractivity contribution < 1.29 is 4.79 Å². The van der Waals surface area contributed by atoms with Crippen molar-refractivity contribution in [2.45, 2.75) is 162 Å². The lowest BCUT2D eigenvalue weighted by Gasteiger charge is -2.04. The Balaban J connectivity index is 1.75. The molecule has 0 N–H and O–H groups in total. The minimum atomic E-state index is 0.522. The number of ketones is 1. The zero-order valence-electron chi connectivity index (χ0n) is 20.3. The Kier molecular flexibility index (Phi) is 18.1. The molecule has 0 aliphatic heterocycles. The minimum Gasteiger partial charge on any atom is -0.300 e. The largest absolute Gasteiger partial charge is 0.300 e. The van der Waals surface area contributed by atoms with Gasteiger partial charge < -0.3 is 0 Å². The molecule has 0 unspecified atom stereocenters. The predicted octanol–water partition coefficient (Wildman–Crippen LogP) is 9.81. The van der Waals surface area contributed by atoms with E-state index in [4.69, 9.17) is 0 Å². The molecule has 0 bridgehead atoms. The molecule has 1 rings (SSSR count). The van der Waals surface area contributed by atoms with Crippen LogP contribution < -0.4 is 0 Å². The zero-order valence-corrected chi connectivity index (χ0v) is 20.3. The lowest BCUT2D eigenvalue weighted by molar-refractivity contribution is -0.119. The van der Waals surface area contributed by atoms with Crippen molar-refractivity contribution in [1.82, 2.24) is 0 Å². The molecule has 1 saturated carbocycles. The summed E-state index contributed by atoms with van der Waals surface area (Å²) < 4.78 is 0. The number of rotatable bonds is 23. The van der Waals surface area contributed by atoms with E-state index in [0.29, 0.717) is 5.78 Å². The second-order valence-corrected chi connectivity index (χ2v) is 10.0. The zero-order chi connectivity index (χ0) is 21.0. The van der Waals surface area contributed by atoms with Crippen LogP contribution in [0.3, 0.4) is 0 Å². The van der Waals surface area contributed by atoms with Gasteiger partial charge in [-0.3, -0.25) is 4.79 Å². The molecule has 29 heavy (non-hydrogen) atoms. The van der Waals surface area contributed by atoms with Gasteiger partial charge in [0, 0.05) is 12.8 Å². The number of carbonyl (C=O) groups excluding carboxylic acids is 1. The first-order chi connectivity index (χ1) is 14.3. The lowest BCUT2D eigenvalue weighted by atomic mass is 10.0. The fourth-order valence-electron chi connectivity index (χ4n) is 4.87. The second-order valence-electron chi connectivity index (χ2n) is 10.0. The van der Waals surface area contributed by atoms with Gasteiger partial charge in [0.05, 0.1) is 0 Å². The summed E-state index contributed by atoms with van der Waals surface area (Å²) in [5, 5.41) is 0. The van der Waals surface area contributed by atoms with Gasteiger partial charge in [-0.2, -0.15) is 0 Å². The molecule has 2 atom stereocenters. The van der Waals surface area contributed by atoms with Crippen LogP contribution in [0.1, 0.15) is 162 Å². The van der Waals surface area contributed by atoms with Crippen LogP contribution in [0.2, 0.25) is 0 Å². The molecule has 0 radical (unpaired) electrons. The lowest BCUT2D eigenvalue weighted by Crippen LogP contribution is -1.97. The van der Waals surface area contributed by atoms with Crippen LogP contribution in [0.15, 0.2) is 0 Å². The summed E-state index contributed by atoms with van der Waals surface area (Å²) in [5.74, 6) is 2.69. The molecule has 0 aromatic heterocycles. The van der Waals surface area contributed by atoms with Crippen molar-refractivity contribution in [3.05, 3.63) is 0 Å². The highest BCUT2D eigenvalue weighted by molar-refractivity contribution is 5.78. The number of carbonyl (C=O) groups is 1. The molecule has 1 aliphatic carbocycles. The molecule has 0 heterocycles. The Bertz CT molecular complexity index is 361. The Morgan fingerprint density at radius 2 is 0.862 bits per heavy atom. The maximum Gasteiger partial charge on any atom is 0.132 e. The molecular weight excluding hydrogens is 352 g/mol. The molecule has 1 heteroatoms. The van der Waals surface area contributed by atoms with E-state index in [1.54, 1.807) is 0 Å². The summed E-state index contributed by atoms with van der Waals surface area (Å²) in [6.45, 7) is 4.56. The molecule has 0 saturated heterocycles. The fourth-order valence-corrected chi connectivity index (χ4v) is 4.87. The van der Waals surface area contributed by atoms with E-state index < -0.39 is 0 Å². The van der Waals surface area contributed by atoms with Crippen molar-refractivity contribution in [2.24, 2.45) is 11.8 Å². The van der Waals surface area contributed by atoms with Crippen LogP contribution in [0.5, 0.6) is 0 Å². The van der Waals surface area contributed by atoms with Crippen LogP contribution in [0, 0.1) is 11.8 Å². The third-order valence-electron chi connectivity index (χ3n) is 7.09. The maximum atomic E-state index is 12.0. The molecule has 1 aliphatic rings. The van der Waals surface area contributed by atoms with Gasteiger partial charge in [-0.25, -0.2) is 0 Å². The number of Topliss-reactive ketones (excluding diaryl/α,β-unsaturated/α-hetero) is 1. The van der Waals surface area contributed by atoms with Gasteiger partial charge in [0.25, 0.3) is 0 Å². The normalized spacial score (nSPS) is 18.3. The average Bonchev–Trinajstić information content (AvgIpc) is 3.47. The molecule has 0 aromatic carbocycles. The van der Waals surface area contributed by atoms with Gasteiger partial charge in [0.1, 0.15) is 5.78 Å². The van der Waals surface area contributed by atoms with Crippen molar-refractivity contribution in [3.8, 4) is 0 Å². The Hall–Kier alpha value is -0.330. The number of unbranched alkanes of at least 4 members (excludes halogenated alkanes) is 15. The van der Waals surface area contributed by atoms with Crippen LogP contribution >= 0.6 is 0 Å². The second kappa shape index (κ2) is 19.6. The van der Waals surface area contributed by atoms with E-state index in [9.17, 15) is 4.79 Å². The third-order valence-corrected chi connectivity index (χ3v) is 7.09. The molecule has 1 fully saturated rings. The molecule has 0 aromatic rings. The topological polar surface area (TPSA) is 17.1 Å². The van der Waals surface area contributed by atoms with Crippen LogP contribution in [-0.4, -0.2) is 5.78 Å². The molecule has 0 amide bonds.